The lowest BCUT2D eigenvalue weighted by Gasteiger charge is -2.30. The summed E-state index contributed by atoms with van der Waals surface area (Å²) in [5.41, 5.74) is 0. The Hall–Kier alpha value is -0.450. The molecule has 0 unspecified atom stereocenters. The molecule has 0 amide bonds. The van der Waals surface area contributed by atoms with Gasteiger partial charge in [-0.25, -0.2) is 0 Å². The van der Waals surface area contributed by atoms with E-state index in [2.05, 4.69) is 0 Å². The molecule has 0 radical (unpaired) electrons. The van der Waals surface area contributed by atoms with Crippen molar-refractivity contribution in [2.24, 2.45) is 5.92 Å². The molecule has 1 aliphatic rings. The lowest BCUT2D eigenvalue weighted by atomic mass is 9.94. The summed E-state index contributed by atoms with van der Waals surface area (Å²) in [5.74, 6) is -0.374. The molecule has 1 fully saturated rings. The van der Waals surface area contributed by atoms with Crippen LogP contribution in [0.1, 0.15) is 6.42 Å². The molecule has 1 saturated heterocycles. The largest absolute Gasteiger partial charge is 0.394 e. The summed E-state index contributed by atoms with van der Waals surface area (Å²) in [7, 11) is 0. The van der Waals surface area contributed by atoms with Crippen LogP contribution in [0.5, 0.6) is 0 Å². The van der Waals surface area contributed by atoms with E-state index in [1.54, 1.807) is 0 Å². The van der Waals surface area contributed by atoms with E-state index in [1.807, 2.05) is 0 Å². The number of aldehydes is 1. The van der Waals surface area contributed by atoms with E-state index in [9.17, 15) is 9.90 Å². The van der Waals surface area contributed by atoms with Gasteiger partial charge >= 0.3 is 0 Å². The van der Waals surface area contributed by atoms with Crippen molar-refractivity contribution in [3.63, 3.8) is 0 Å². The van der Waals surface area contributed by atoms with Gasteiger partial charge in [0.05, 0.1) is 12.7 Å². The number of rotatable bonds is 2. The molecule has 4 heteroatoms. The van der Waals surface area contributed by atoms with E-state index in [0.717, 1.165) is 6.29 Å². The van der Waals surface area contributed by atoms with E-state index < -0.39 is 12.2 Å². The highest BCUT2D eigenvalue weighted by atomic mass is 16.5. The van der Waals surface area contributed by atoms with E-state index in [1.165, 1.54) is 0 Å². The van der Waals surface area contributed by atoms with E-state index >= 15 is 0 Å². The Morgan fingerprint density at radius 2 is 2.36 bits per heavy atom. The van der Waals surface area contributed by atoms with Gasteiger partial charge in [0.15, 0.2) is 0 Å². The fourth-order valence-corrected chi connectivity index (χ4v) is 1.21. The molecule has 2 N–H and O–H groups in total. The Morgan fingerprint density at radius 1 is 1.64 bits per heavy atom. The fourth-order valence-electron chi connectivity index (χ4n) is 1.21. The third-order valence-corrected chi connectivity index (χ3v) is 1.96. The Kier molecular flexibility index (Phi) is 2.99. The molecule has 11 heavy (non-hydrogen) atoms. The number of ether oxygens (including phenoxy) is 1. The van der Waals surface area contributed by atoms with Crippen LogP contribution in [-0.4, -0.2) is 41.9 Å². The van der Waals surface area contributed by atoms with E-state index in [0.29, 0.717) is 13.0 Å². The van der Waals surface area contributed by atoms with Crippen LogP contribution < -0.4 is 0 Å². The van der Waals surface area contributed by atoms with Crippen molar-refractivity contribution in [3.8, 4) is 0 Å². The van der Waals surface area contributed by atoms with Crippen molar-refractivity contribution in [2.75, 3.05) is 13.2 Å². The van der Waals surface area contributed by atoms with Gasteiger partial charge in [-0.2, -0.15) is 0 Å². The lowest BCUT2D eigenvalue weighted by Crippen LogP contribution is -2.43. The third-order valence-electron chi connectivity index (χ3n) is 1.96. The monoisotopic (exact) mass is 160 g/mol. The van der Waals surface area contributed by atoms with Crippen molar-refractivity contribution < 1.29 is 19.7 Å². The van der Waals surface area contributed by atoms with Crippen LogP contribution in [0.3, 0.4) is 0 Å². The molecule has 1 rings (SSSR count). The van der Waals surface area contributed by atoms with Crippen molar-refractivity contribution in [1.29, 1.82) is 0 Å². The van der Waals surface area contributed by atoms with Gasteiger partial charge in [0.1, 0.15) is 12.4 Å². The number of aliphatic hydroxyl groups excluding tert-OH is 2. The number of carbonyl (C=O) groups is 1. The lowest BCUT2D eigenvalue weighted by molar-refractivity contribution is -0.139. The standard InChI is InChI=1S/C7H12O4/c8-3-5-1-2-11-6(4-9)7(5)10/h3,5-7,9-10H,1-2,4H2/t5-,6+,7+/m0/s1. The second kappa shape index (κ2) is 3.80. The van der Waals surface area contributed by atoms with Gasteiger partial charge in [-0.3, -0.25) is 0 Å². The van der Waals surface area contributed by atoms with Crippen LogP contribution in [0.2, 0.25) is 0 Å². The van der Waals surface area contributed by atoms with Crippen LogP contribution in [0.4, 0.5) is 0 Å². The zero-order valence-electron chi connectivity index (χ0n) is 6.14. The van der Waals surface area contributed by atoms with Crippen molar-refractivity contribution >= 4 is 6.29 Å². The zero-order valence-corrected chi connectivity index (χ0v) is 6.14. The molecular weight excluding hydrogens is 148 g/mol. The van der Waals surface area contributed by atoms with E-state index in [4.69, 9.17) is 9.84 Å². The summed E-state index contributed by atoms with van der Waals surface area (Å²) < 4.78 is 5.01. The molecule has 0 spiro atoms. The van der Waals surface area contributed by atoms with Gasteiger partial charge in [0.25, 0.3) is 0 Å². The maximum absolute atomic E-state index is 10.3. The number of hydrogen-bond acceptors (Lipinski definition) is 4. The molecule has 0 aliphatic carbocycles. The average molecular weight is 160 g/mol. The van der Waals surface area contributed by atoms with Crippen LogP contribution in [0.25, 0.3) is 0 Å². The minimum absolute atomic E-state index is 0.231. The van der Waals surface area contributed by atoms with Gasteiger partial charge in [-0.05, 0) is 6.42 Å². The van der Waals surface area contributed by atoms with Gasteiger partial charge in [0.2, 0.25) is 0 Å². The number of carbonyl (C=O) groups excluding carboxylic acids is 1. The second-order valence-corrected chi connectivity index (χ2v) is 2.67. The highest BCUT2D eigenvalue weighted by Gasteiger charge is 2.31. The minimum atomic E-state index is -0.841. The molecule has 0 saturated carbocycles. The molecular formula is C7H12O4. The van der Waals surface area contributed by atoms with Crippen LogP contribution in [-0.2, 0) is 9.53 Å². The Bertz CT molecular complexity index is 136. The first-order chi connectivity index (χ1) is 5.29. The highest BCUT2D eigenvalue weighted by Crippen LogP contribution is 2.18. The molecule has 0 aromatic rings. The van der Waals surface area contributed by atoms with Crippen LogP contribution >= 0.6 is 0 Å². The number of hydrogen-bond donors (Lipinski definition) is 2. The van der Waals surface area contributed by atoms with Crippen molar-refractivity contribution in [3.05, 3.63) is 0 Å². The first kappa shape index (κ1) is 8.64. The third kappa shape index (κ3) is 1.77. The maximum Gasteiger partial charge on any atom is 0.125 e. The first-order valence-corrected chi connectivity index (χ1v) is 3.65. The normalized spacial score (nSPS) is 38.5. The molecule has 0 aromatic heterocycles. The SMILES string of the molecule is O=C[C@@H]1CCO[C@H](CO)[C@@H]1O. The van der Waals surface area contributed by atoms with Crippen LogP contribution in [0.15, 0.2) is 0 Å². The molecule has 64 valence electrons. The van der Waals surface area contributed by atoms with Gasteiger partial charge in [-0.15, -0.1) is 0 Å². The van der Waals surface area contributed by atoms with Crippen molar-refractivity contribution in [1.82, 2.24) is 0 Å². The fraction of sp³-hybridized carbons (Fsp3) is 0.857. The average Bonchev–Trinajstić information content (AvgIpc) is 2.05. The molecule has 0 aromatic carbocycles. The van der Waals surface area contributed by atoms with E-state index in [-0.39, 0.29) is 12.5 Å². The summed E-state index contributed by atoms with van der Waals surface area (Å²) in [4.78, 5) is 10.3. The van der Waals surface area contributed by atoms with Crippen molar-refractivity contribution in [2.45, 2.75) is 18.6 Å². The predicted octanol–water partition coefficient (Wildman–Crippen LogP) is -1.06. The molecule has 4 nitrogen and oxygen atoms in total. The summed E-state index contributed by atoms with van der Waals surface area (Å²) in [6, 6.07) is 0. The summed E-state index contributed by atoms with van der Waals surface area (Å²) in [6.07, 6.45) is -0.165. The predicted molar refractivity (Wildman–Crippen MR) is 37.0 cm³/mol. The molecule has 1 aliphatic heterocycles. The smallest absolute Gasteiger partial charge is 0.125 e. The van der Waals surface area contributed by atoms with Crippen LogP contribution in [0, 0.1) is 5.92 Å². The highest BCUT2D eigenvalue weighted by molar-refractivity contribution is 5.54. The summed E-state index contributed by atoms with van der Waals surface area (Å²) in [6.45, 7) is 0.206. The zero-order chi connectivity index (χ0) is 8.27. The Morgan fingerprint density at radius 3 is 2.91 bits per heavy atom. The molecule has 0 bridgehead atoms. The number of aliphatic hydroxyl groups is 2. The van der Waals surface area contributed by atoms with Gasteiger partial charge < -0.3 is 19.7 Å². The topological polar surface area (TPSA) is 66.8 Å². The maximum atomic E-state index is 10.3. The summed E-state index contributed by atoms with van der Waals surface area (Å²) in [5, 5.41) is 18.0. The quantitative estimate of drug-likeness (QED) is 0.505. The summed E-state index contributed by atoms with van der Waals surface area (Å²) >= 11 is 0. The molecule has 3 atom stereocenters. The minimum Gasteiger partial charge on any atom is -0.394 e. The molecule has 1 heterocycles. The second-order valence-electron chi connectivity index (χ2n) is 2.67. The Balaban J connectivity index is 2.51. The first-order valence-electron chi connectivity index (χ1n) is 3.65. The Labute approximate surface area is 64.8 Å². The van der Waals surface area contributed by atoms with Gasteiger partial charge in [-0.1, -0.05) is 0 Å². The van der Waals surface area contributed by atoms with Gasteiger partial charge in [0, 0.05) is 12.5 Å².